The fourth-order valence-corrected chi connectivity index (χ4v) is 1.77. The summed E-state index contributed by atoms with van der Waals surface area (Å²) in [6, 6.07) is 2.37. The summed E-state index contributed by atoms with van der Waals surface area (Å²) in [5.74, 6) is 0.516. The van der Waals surface area contributed by atoms with Gasteiger partial charge in [0.2, 0.25) is 0 Å². The minimum atomic E-state index is -0.208. The molecule has 1 saturated carbocycles. The zero-order valence-corrected chi connectivity index (χ0v) is 6.65. The molecule has 0 aromatic rings. The summed E-state index contributed by atoms with van der Waals surface area (Å²) >= 11 is 0. The molecule has 2 heteroatoms. The smallest absolute Gasteiger partial charge is 0.109 e. The van der Waals surface area contributed by atoms with Crippen LogP contribution in [0.5, 0.6) is 0 Å². The number of hydrogen-bond donors (Lipinski definition) is 1. The van der Waals surface area contributed by atoms with Crippen molar-refractivity contribution in [1.82, 2.24) is 5.32 Å². The summed E-state index contributed by atoms with van der Waals surface area (Å²) < 4.78 is 0. The van der Waals surface area contributed by atoms with E-state index < -0.39 is 0 Å². The highest BCUT2D eigenvalue weighted by atomic mass is 15.0. The van der Waals surface area contributed by atoms with Crippen LogP contribution in [-0.2, 0) is 0 Å². The standard InChI is InChI=1S/C8H14N2/c1-7-4-3-5-8(7,6-9)10-2/h7,10H,3-5H2,1-2H3/t7-,8-/m0/s1. The van der Waals surface area contributed by atoms with Gasteiger partial charge in [-0.25, -0.2) is 0 Å². The number of nitriles is 1. The predicted octanol–water partition coefficient (Wildman–Crippen LogP) is 1.29. The Labute approximate surface area is 62.2 Å². The van der Waals surface area contributed by atoms with Gasteiger partial charge in [-0.15, -0.1) is 0 Å². The summed E-state index contributed by atoms with van der Waals surface area (Å²) in [4.78, 5) is 0. The lowest BCUT2D eigenvalue weighted by Crippen LogP contribution is -2.43. The number of nitrogens with one attached hydrogen (secondary N) is 1. The molecule has 2 atom stereocenters. The van der Waals surface area contributed by atoms with Crippen LogP contribution in [-0.4, -0.2) is 12.6 Å². The van der Waals surface area contributed by atoms with Gasteiger partial charge in [-0.1, -0.05) is 13.3 Å². The van der Waals surface area contributed by atoms with Gasteiger partial charge in [-0.3, -0.25) is 0 Å². The lowest BCUT2D eigenvalue weighted by Gasteiger charge is -2.24. The van der Waals surface area contributed by atoms with Gasteiger partial charge >= 0.3 is 0 Å². The van der Waals surface area contributed by atoms with E-state index in [9.17, 15) is 0 Å². The van der Waals surface area contributed by atoms with Crippen LogP contribution in [0.2, 0.25) is 0 Å². The van der Waals surface area contributed by atoms with Crippen LogP contribution >= 0.6 is 0 Å². The Hall–Kier alpha value is -0.550. The quantitative estimate of drug-likeness (QED) is 0.592. The minimum absolute atomic E-state index is 0.208. The molecule has 1 rings (SSSR count). The van der Waals surface area contributed by atoms with Crippen LogP contribution < -0.4 is 5.32 Å². The van der Waals surface area contributed by atoms with E-state index in [2.05, 4.69) is 18.3 Å². The topological polar surface area (TPSA) is 35.8 Å². The van der Waals surface area contributed by atoms with Crippen LogP contribution in [0.3, 0.4) is 0 Å². The Morgan fingerprint density at radius 2 is 2.40 bits per heavy atom. The van der Waals surface area contributed by atoms with Crippen LogP contribution in [0.15, 0.2) is 0 Å². The number of hydrogen-bond acceptors (Lipinski definition) is 2. The molecule has 0 bridgehead atoms. The van der Waals surface area contributed by atoms with Crippen molar-refractivity contribution in [2.45, 2.75) is 31.7 Å². The lowest BCUT2D eigenvalue weighted by molar-refractivity contribution is 0.362. The van der Waals surface area contributed by atoms with Crippen molar-refractivity contribution in [3.05, 3.63) is 0 Å². The highest BCUT2D eigenvalue weighted by Crippen LogP contribution is 2.34. The van der Waals surface area contributed by atoms with Crippen molar-refractivity contribution in [2.75, 3.05) is 7.05 Å². The summed E-state index contributed by atoms with van der Waals surface area (Å²) in [5, 5.41) is 12.0. The molecule has 1 N–H and O–H groups in total. The molecule has 10 heavy (non-hydrogen) atoms. The first kappa shape index (κ1) is 7.56. The molecule has 2 nitrogen and oxygen atoms in total. The molecular formula is C8H14N2. The molecular weight excluding hydrogens is 124 g/mol. The lowest BCUT2D eigenvalue weighted by atomic mass is 9.90. The molecule has 1 aliphatic carbocycles. The highest BCUT2D eigenvalue weighted by molar-refractivity contribution is 5.12. The van der Waals surface area contributed by atoms with Gasteiger partial charge in [0, 0.05) is 0 Å². The van der Waals surface area contributed by atoms with Gasteiger partial charge < -0.3 is 5.32 Å². The molecule has 0 aromatic carbocycles. The van der Waals surface area contributed by atoms with E-state index in [0.717, 1.165) is 6.42 Å². The van der Waals surface area contributed by atoms with E-state index in [0.29, 0.717) is 5.92 Å². The molecule has 1 aliphatic rings. The van der Waals surface area contributed by atoms with Crippen LogP contribution in [0.25, 0.3) is 0 Å². The van der Waals surface area contributed by atoms with Crippen molar-refractivity contribution in [2.24, 2.45) is 5.92 Å². The van der Waals surface area contributed by atoms with Crippen LogP contribution in [0, 0.1) is 17.2 Å². The molecule has 0 unspecified atom stereocenters. The Bertz CT molecular complexity index is 159. The summed E-state index contributed by atoms with van der Waals surface area (Å²) in [6.45, 7) is 2.15. The molecule has 0 aliphatic heterocycles. The zero-order chi connectivity index (χ0) is 7.61. The molecule has 1 fully saturated rings. The molecule has 56 valence electrons. The van der Waals surface area contributed by atoms with Crippen molar-refractivity contribution in [3.8, 4) is 6.07 Å². The van der Waals surface area contributed by atoms with Gasteiger partial charge in [-0.05, 0) is 25.8 Å². The largest absolute Gasteiger partial charge is 0.302 e. The number of rotatable bonds is 1. The predicted molar refractivity (Wildman–Crippen MR) is 40.4 cm³/mol. The first-order valence-electron chi connectivity index (χ1n) is 3.85. The first-order chi connectivity index (χ1) is 4.75. The zero-order valence-electron chi connectivity index (χ0n) is 6.65. The van der Waals surface area contributed by atoms with Crippen molar-refractivity contribution in [3.63, 3.8) is 0 Å². The SMILES string of the molecule is CN[C@]1(C#N)CCC[C@@H]1C. The first-order valence-corrected chi connectivity index (χ1v) is 3.85. The molecule has 0 aromatic heterocycles. The van der Waals surface area contributed by atoms with Crippen molar-refractivity contribution < 1.29 is 0 Å². The van der Waals surface area contributed by atoms with Gasteiger partial charge in [0.15, 0.2) is 0 Å². The Morgan fingerprint density at radius 3 is 2.60 bits per heavy atom. The molecule has 0 spiro atoms. The highest BCUT2D eigenvalue weighted by Gasteiger charge is 2.38. The third-order valence-corrected chi connectivity index (χ3v) is 2.70. The van der Waals surface area contributed by atoms with Crippen molar-refractivity contribution in [1.29, 1.82) is 5.26 Å². The average Bonchev–Trinajstić information content (AvgIpc) is 2.32. The minimum Gasteiger partial charge on any atom is -0.302 e. The molecule has 0 saturated heterocycles. The van der Waals surface area contributed by atoms with E-state index >= 15 is 0 Å². The summed E-state index contributed by atoms with van der Waals surface area (Å²) in [6.07, 6.45) is 3.39. The van der Waals surface area contributed by atoms with Crippen LogP contribution in [0.1, 0.15) is 26.2 Å². The third-order valence-electron chi connectivity index (χ3n) is 2.70. The van der Waals surface area contributed by atoms with E-state index in [4.69, 9.17) is 5.26 Å². The van der Waals surface area contributed by atoms with Gasteiger partial charge in [0.05, 0.1) is 6.07 Å². The molecule has 0 amide bonds. The monoisotopic (exact) mass is 138 g/mol. The maximum atomic E-state index is 8.87. The summed E-state index contributed by atoms with van der Waals surface area (Å²) in [5.41, 5.74) is -0.208. The fraction of sp³-hybridized carbons (Fsp3) is 0.875. The van der Waals surface area contributed by atoms with E-state index in [1.54, 1.807) is 0 Å². The molecule has 0 radical (unpaired) electrons. The van der Waals surface area contributed by atoms with Gasteiger partial charge in [0.1, 0.15) is 5.54 Å². The van der Waals surface area contributed by atoms with E-state index in [-0.39, 0.29) is 5.54 Å². The maximum absolute atomic E-state index is 8.87. The second kappa shape index (κ2) is 2.59. The Kier molecular flexibility index (Phi) is 1.96. The fourth-order valence-electron chi connectivity index (χ4n) is 1.77. The number of nitrogens with zero attached hydrogens (tertiary/aromatic N) is 1. The normalized spacial score (nSPS) is 39.5. The average molecular weight is 138 g/mol. The Balaban J connectivity index is 2.74. The van der Waals surface area contributed by atoms with Gasteiger partial charge in [-0.2, -0.15) is 5.26 Å². The Morgan fingerprint density at radius 1 is 1.70 bits per heavy atom. The second-order valence-electron chi connectivity index (χ2n) is 3.13. The summed E-state index contributed by atoms with van der Waals surface area (Å²) in [7, 11) is 1.88. The third kappa shape index (κ3) is 0.911. The molecule has 0 heterocycles. The van der Waals surface area contributed by atoms with E-state index in [1.807, 2.05) is 7.05 Å². The van der Waals surface area contributed by atoms with E-state index in [1.165, 1.54) is 12.8 Å². The van der Waals surface area contributed by atoms with Crippen molar-refractivity contribution >= 4 is 0 Å². The second-order valence-corrected chi connectivity index (χ2v) is 3.13. The van der Waals surface area contributed by atoms with Crippen LogP contribution in [0.4, 0.5) is 0 Å². The van der Waals surface area contributed by atoms with Gasteiger partial charge in [0.25, 0.3) is 0 Å². The maximum Gasteiger partial charge on any atom is 0.109 e.